The molecule has 0 amide bonds. The number of fused-ring (bicyclic) bond motifs is 3. The van der Waals surface area contributed by atoms with E-state index in [-0.39, 0.29) is 11.8 Å². The minimum atomic E-state index is -1.99. The van der Waals surface area contributed by atoms with Crippen molar-refractivity contribution >= 4 is 5.97 Å². The van der Waals surface area contributed by atoms with Gasteiger partial charge in [0.05, 0.1) is 44.1 Å². The van der Waals surface area contributed by atoms with Crippen LogP contribution in [0.3, 0.4) is 0 Å². The predicted octanol–water partition coefficient (Wildman–Crippen LogP) is -7.29. The van der Waals surface area contributed by atoms with Gasteiger partial charge in [-0.05, 0) is 86.5 Å². The Kier molecular flexibility index (Phi) is 18.2. The average molecular weight is 1130 g/mol. The molecule has 9 rings (SSSR count). The zero-order chi connectivity index (χ0) is 56.7. The molecule has 27 unspecified atom stereocenters. The molecule has 28 nitrogen and oxygen atoms in total. The Labute approximate surface area is 448 Å². The quantitative estimate of drug-likeness (QED) is 0.0411. The highest BCUT2D eigenvalue weighted by Crippen LogP contribution is 2.74. The van der Waals surface area contributed by atoms with Crippen molar-refractivity contribution < 1.29 is 139 Å². The number of aliphatic hydroxyl groups is 17. The van der Waals surface area contributed by atoms with Gasteiger partial charge in [0.25, 0.3) is 0 Å². The number of carbonyl (C=O) groups is 1. The van der Waals surface area contributed by atoms with Crippen LogP contribution in [0.25, 0.3) is 0 Å². The van der Waals surface area contributed by atoms with Crippen molar-refractivity contribution in [1.82, 2.24) is 0 Å². The fourth-order valence-corrected chi connectivity index (χ4v) is 15.0. The molecule has 0 radical (unpaired) electrons. The van der Waals surface area contributed by atoms with Crippen LogP contribution in [0, 0.1) is 28.1 Å². The van der Waals surface area contributed by atoms with E-state index in [1.807, 2.05) is 0 Å². The summed E-state index contributed by atoms with van der Waals surface area (Å²) in [7, 11) is 0. The number of carbonyl (C=O) groups excluding carboxylic acids is 1. The fraction of sp³-hybridized carbons (Fsp3) is 0.940. The second-order valence-corrected chi connectivity index (χ2v) is 23.6. The molecule has 28 heteroatoms. The zero-order valence-corrected chi connectivity index (χ0v) is 43.3. The Hall–Kier alpha value is -1.83. The maximum atomic E-state index is 14.9. The monoisotopic (exact) mass is 1130 g/mol. The lowest BCUT2D eigenvalue weighted by Gasteiger charge is -2.64. The first kappa shape index (κ1) is 60.8. The van der Waals surface area contributed by atoms with Crippen molar-refractivity contribution in [2.24, 2.45) is 28.1 Å². The molecule has 4 aliphatic carbocycles. The zero-order valence-electron chi connectivity index (χ0n) is 43.3. The smallest absolute Gasteiger partial charge is 0.314 e. The molecule has 78 heavy (non-hydrogen) atoms. The third kappa shape index (κ3) is 10.3. The molecule has 0 aromatic rings. The number of hydrogen-bond acceptors (Lipinski definition) is 28. The average Bonchev–Trinajstić information content (AvgIpc) is 3.61. The van der Waals surface area contributed by atoms with Crippen LogP contribution in [0.1, 0.15) is 71.6 Å². The number of aliphatic hydroxyl groups excluding tert-OH is 17. The molecular weight excluding hydrogens is 1050 g/mol. The lowest BCUT2D eigenvalue weighted by atomic mass is 9.41. The number of hydrogen-bond donors (Lipinski definition) is 17. The van der Waals surface area contributed by atoms with Crippen LogP contribution in [-0.4, -0.2) is 285 Å². The number of rotatable bonds is 15. The van der Waals surface area contributed by atoms with Crippen molar-refractivity contribution in [1.29, 1.82) is 0 Å². The van der Waals surface area contributed by atoms with Crippen LogP contribution in [-0.2, 0) is 52.2 Å². The third-order valence-electron chi connectivity index (χ3n) is 19.2. The minimum absolute atomic E-state index is 0.0705. The van der Waals surface area contributed by atoms with Gasteiger partial charge in [0.2, 0.25) is 6.29 Å². The summed E-state index contributed by atoms with van der Waals surface area (Å²) < 4.78 is 60.3. The Balaban J connectivity index is 0.968. The Morgan fingerprint density at radius 3 is 1.41 bits per heavy atom. The summed E-state index contributed by atoms with van der Waals surface area (Å²) >= 11 is 0. The molecule has 9 aliphatic rings. The summed E-state index contributed by atoms with van der Waals surface area (Å²) in [5, 5.41) is 181. The molecule has 0 aromatic heterocycles. The lowest BCUT2D eigenvalue weighted by molar-refractivity contribution is -0.400. The first-order valence-corrected chi connectivity index (χ1v) is 26.9. The van der Waals surface area contributed by atoms with E-state index in [1.165, 1.54) is 0 Å². The van der Waals surface area contributed by atoms with Gasteiger partial charge in [-0.2, -0.15) is 0 Å². The van der Waals surface area contributed by atoms with E-state index < -0.39 is 214 Å². The van der Waals surface area contributed by atoms with Crippen molar-refractivity contribution in [3.8, 4) is 0 Å². The van der Waals surface area contributed by atoms with E-state index in [4.69, 9.17) is 47.4 Å². The Bertz CT molecular complexity index is 2070. The van der Waals surface area contributed by atoms with Crippen molar-refractivity contribution in [3.63, 3.8) is 0 Å². The van der Waals surface area contributed by atoms with Crippen LogP contribution in [0.5, 0.6) is 0 Å². The predicted molar refractivity (Wildman–Crippen MR) is 252 cm³/mol. The molecule has 17 N–H and O–H groups in total. The van der Waals surface area contributed by atoms with Gasteiger partial charge in [-0.1, -0.05) is 19.9 Å². The fourth-order valence-electron chi connectivity index (χ4n) is 15.0. The van der Waals surface area contributed by atoms with Crippen LogP contribution < -0.4 is 0 Å². The van der Waals surface area contributed by atoms with E-state index in [1.54, 1.807) is 6.92 Å². The molecule has 2 bridgehead atoms. The van der Waals surface area contributed by atoms with Gasteiger partial charge in [0.1, 0.15) is 116 Å². The van der Waals surface area contributed by atoms with Gasteiger partial charge in [-0.3, -0.25) is 4.79 Å². The van der Waals surface area contributed by atoms with Crippen molar-refractivity contribution in [2.45, 2.75) is 231 Å². The van der Waals surface area contributed by atoms with Crippen molar-refractivity contribution in [2.75, 3.05) is 33.0 Å². The SMILES string of the molecule is C=C1CC23CCC4[C@](C)(C(=O)OC5OC(CO)C(O)C(O)C5OC5OC(CO)C(O)C(O)C5O)CCC[C@@]4(C)[C@@H]2CC[C@]1(OC1OC(CO)C(O)C(OC2OC(CO)C(O)C(O)C2O)C1OC1OC(CO)C(O)C(O)C1O)C3. The highest BCUT2D eigenvalue weighted by atomic mass is 16.8. The second kappa shape index (κ2) is 23.3. The molecule has 5 heterocycles. The maximum absolute atomic E-state index is 14.9. The molecule has 5 saturated heterocycles. The first-order chi connectivity index (χ1) is 36.9. The summed E-state index contributed by atoms with van der Waals surface area (Å²) in [4.78, 5) is 14.9. The summed E-state index contributed by atoms with van der Waals surface area (Å²) in [6.45, 7) is 4.32. The van der Waals surface area contributed by atoms with Crippen LogP contribution in [0.2, 0.25) is 0 Å². The minimum Gasteiger partial charge on any atom is -0.432 e. The van der Waals surface area contributed by atoms with E-state index in [9.17, 15) is 91.6 Å². The normalized spacial score (nSPS) is 54.5. The topological polar surface area (TPSA) is 453 Å². The highest BCUT2D eigenvalue weighted by molar-refractivity contribution is 5.77. The molecule has 31 atom stereocenters. The van der Waals surface area contributed by atoms with Gasteiger partial charge in [-0.25, -0.2) is 0 Å². The van der Waals surface area contributed by atoms with E-state index >= 15 is 0 Å². The summed E-state index contributed by atoms with van der Waals surface area (Å²) in [5.41, 5.74) is -2.81. The van der Waals surface area contributed by atoms with Crippen molar-refractivity contribution in [3.05, 3.63) is 12.2 Å². The van der Waals surface area contributed by atoms with Crippen LogP contribution in [0.4, 0.5) is 0 Å². The summed E-state index contributed by atoms with van der Waals surface area (Å²) in [5.74, 6) is -1.14. The van der Waals surface area contributed by atoms with E-state index in [2.05, 4.69) is 13.5 Å². The molecule has 4 saturated carbocycles. The Morgan fingerprint density at radius 1 is 0.487 bits per heavy atom. The molecule has 5 aliphatic heterocycles. The first-order valence-electron chi connectivity index (χ1n) is 26.9. The molecule has 448 valence electrons. The van der Waals surface area contributed by atoms with E-state index in [0.29, 0.717) is 63.4 Å². The summed E-state index contributed by atoms with van der Waals surface area (Å²) in [6, 6.07) is 0. The second-order valence-electron chi connectivity index (χ2n) is 23.6. The molecule has 1 spiro atoms. The van der Waals surface area contributed by atoms with Gasteiger partial charge < -0.3 is 134 Å². The molecule has 0 aromatic carbocycles. The van der Waals surface area contributed by atoms with Gasteiger partial charge in [0, 0.05) is 0 Å². The van der Waals surface area contributed by atoms with Crippen LogP contribution >= 0.6 is 0 Å². The maximum Gasteiger partial charge on any atom is 0.314 e. The molecular formula is C50H80O28. The van der Waals surface area contributed by atoms with Gasteiger partial charge in [0.15, 0.2) is 31.3 Å². The summed E-state index contributed by atoms with van der Waals surface area (Å²) in [6.07, 6.45) is -39.9. The third-order valence-corrected chi connectivity index (χ3v) is 19.2. The lowest BCUT2D eigenvalue weighted by Crippen LogP contribution is -2.68. The van der Waals surface area contributed by atoms with Crippen LogP contribution in [0.15, 0.2) is 12.2 Å². The standard InChI is InChI=1S/C50H80O28/c1-18-11-49-9-5-24-47(2,7-4-8-48(24,3)46(68)77-44-39(34(64)29(59)22(15-54)72-44)75-42-36(66)32(62)27(57)20(13-52)70-42)25(49)6-10-50(18,17-49)78-45-40(76-43-37(67)33(63)28(58)21(14-53)71-43)38(30(60)23(16-55)73-45)74-41-35(65)31(61)26(56)19(12-51)69-41/h19-45,51-67H,1,4-17H2,2-3H3/t19?,20?,21?,22?,23?,24?,25-,26?,27?,28?,29?,30?,31?,32?,33?,34?,35?,36?,37?,38?,39?,40?,41?,42?,43?,44?,45?,47+,48+,49?,50-/m0/s1. The van der Waals surface area contributed by atoms with Gasteiger partial charge in [-0.15, -0.1) is 0 Å². The highest BCUT2D eigenvalue weighted by Gasteiger charge is 2.70. The molecule has 9 fully saturated rings. The number of esters is 1. The number of ether oxygens (including phenoxy) is 10. The largest absolute Gasteiger partial charge is 0.432 e. The Morgan fingerprint density at radius 2 is 0.910 bits per heavy atom. The van der Waals surface area contributed by atoms with E-state index in [0.717, 1.165) is 0 Å². The van der Waals surface area contributed by atoms with Gasteiger partial charge >= 0.3 is 5.97 Å².